The van der Waals surface area contributed by atoms with Crippen molar-refractivity contribution in [3.05, 3.63) is 64.7 Å². The van der Waals surface area contributed by atoms with Gasteiger partial charge in [0.15, 0.2) is 5.76 Å². The number of ether oxygens (including phenoxy) is 1. The molecule has 11 heteroatoms. The van der Waals surface area contributed by atoms with Gasteiger partial charge in [0.25, 0.3) is 5.91 Å². The van der Waals surface area contributed by atoms with E-state index in [4.69, 9.17) is 4.74 Å². The molecule has 1 aromatic carbocycles. The number of hydrogen-bond acceptors (Lipinski definition) is 9. The van der Waals surface area contributed by atoms with Gasteiger partial charge in [0.1, 0.15) is 18.2 Å². The molecule has 1 aromatic heterocycles. The van der Waals surface area contributed by atoms with Gasteiger partial charge in [-0.3, -0.25) is 19.5 Å². The molecule has 3 heterocycles. The number of piperidine rings is 1. The van der Waals surface area contributed by atoms with E-state index in [1.54, 1.807) is 37.2 Å². The second-order valence-corrected chi connectivity index (χ2v) is 10.3. The minimum absolute atomic E-state index is 0.0140. The second kappa shape index (κ2) is 13.4. The SMILES string of the molecule is C=NC(C)=C(O)COc1ccc2c(c1)CCN(C[C@@H](O)CNC(=O)c1ccnc(NC3CCN(C)C(=O)C3)c1)C2. The fourth-order valence-corrected chi connectivity index (χ4v) is 4.78. The number of carbonyl (C=O) groups excluding carboxylic acids is 2. The van der Waals surface area contributed by atoms with Crippen molar-refractivity contribution >= 4 is 24.3 Å². The third-order valence-electron chi connectivity index (χ3n) is 7.30. The number of pyridine rings is 1. The van der Waals surface area contributed by atoms with Crippen molar-refractivity contribution < 1.29 is 24.5 Å². The number of β-amino-alcohol motifs (C(OH)–C–C–N with tert-alkyl or cyclic N) is 1. The lowest BCUT2D eigenvalue weighted by Gasteiger charge is -2.30. The number of nitrogens with zero attached hydrogens (tertiary/aromatic N) is 4. The molecule has 1 saturated heterocycles. The number of aliphatic imine (C=N–C) groups is 1. The maximum atomic E-state index is 12.7. The predicted molar refractivity (Wildman–Crippen MR) is 153 cm³/mol. The Labute approximate surface area is 234 Å². The Morgan fingerprint density at radius 3 is 2.88 bits per heavy atom. The van der Waals surface area contributed by atoms with Gasteiger partial charge in [-0.2, -0.15) is 0 Å². The molecule has 2 aromatic rings. The van der Waals surface area contributed by atoms with Crippen LogP contribution in [0.3, 0.4) is 0 Å². The van der Waals surface area contributed by atoms with E-state index in [0.29, 0.717) is 48.9 Å². The quantitative estimate of drug-likeness (QED) is 0.247. The van der Waals surface area contributed by atoms with Crippen molar-refractivity contribution in [2.24, 2.45) is 4.99 Å². The van der Waals surface area contributed by atoms with Crippen LogP contribution >= 0.6 is 0 Å². The molecule has 4 rings (SSSR count). The highest BCUT2D eigenvalue weighted by atomic mass is 16.5. The van der Waals surface area contributed by atoms with Crippen molar-refractivity contribution in [2.75, 3.05) is 45.2 Å². The van der Waals surface area contributed by atoms with Crippen LogP contribution in [0.15, 0.2) is 53.0 Å². The molecule has 2 amide bonds. The normalized spacial score (nSPS) is 18.8. The summed E-state index contributed by atoms with van der Waals surface area (Å²) in [6, 6.07) is 9.13. The van der Waals surface area contributed by atoms with Gasteiger partial charge in [0.2, 0.25) is 5.91 Å². The fourth-order valence-electron chi connectivity index (χ4n) is 4.78. The second-order valence-electron chi connectivity index (χ2n) is 10.3. The van der Waals surface area contributed by atoms with Crippen LogP contribution in [0.25, 0.3) is 0 Å². The molecule has 2 atom stereocenters. The van der Waals surface area contributed by atoms with Gasteiger partial charge in [-0.25, -0.2) is 4.98 Å². The van der Waals surface area contributed by atoms with Gasteiger partial charge >= 0.3 is 0 Å². The molecular formula is C29H38N6O5. The summed E-state index contributed by atoms with van der Waals surface area (Å²) < 4.78 is 5.68. The van der Waals surface area contributed by atoms with Crippen molar-refractivity contribution in [1.29, 1.82) is 0 Å². The van der Waals surface area contributed by atoms with Crippen LogP contribution in [0.2, 0.25) is 0 Å². The molecule has 0 spiro atoms. The number of benzene rings is 1. The number of nitrogens with one attached hydrogen (secondary N) is 2. The summed E-state index contributed by atoms with van der Waals surface area (Å²) >= 11 is 0. The average molecular weight is 551 g/mol. The van der Waals surface area contributed by atoms with E-state index in [0.717, 1.165) is 24.9 Å². The Morgan fingerprint density at radius 1 is 1.27 bits per heavy atom. The summed E-state index contributed by atoms with van der Waals surface area (Å²) in [6.07, 6.45) is 2.85. The van der Waals surface area contributed by atoms with Gasteiger partial charge in [-0.15, -0.1) is 0 Å². The van der Waals surface area contributed by atoms with Crippen molar-refractivity contribution in [1.82, 2.24) is 20.1 Å². The number of hydrogen-bond donors (Lipinski definition) is 4. The summed E-state index contributed by atoms with van der Waals surface area (Å²) in [5.41, 5.74) is 3.20. The van der Waals surface area contributed by atoms with Gasteiger partial charge < -0.3 is 30.5 Å². The van der Waals surface area contributed by atoms with Crippen LogP contribution in [-0.4, -0.2) is 95.5 Å². The smallest absolute Gasteiger partial charge is 0.251 e. The molecule has 4 N–H and O–H groups in total. The first kappa shape index (κ1) is 29.0. The van der Waals surface area contributed by atoms with Crippen LogP contribution in [0.4, 0.5) is 5.82 Å². The molecule has 1 unspecified atom stereocenters. The van der Waals surface area contributed by atoms with E-state index in [-0.39, 0.29) is 36.8 Å². The first-order valence-corrected chi connectivity index (χ1v) is 13.5. The molecule has 11 nitrogen and oxygen atoms in total. The lowest BCUT2D eigenvalue weighted by atomic mass is 9.99. The van der Waals surface area contributed by atoms with E-state index in [9.17, 15) is 19.8 Å². The van der Waals surface area contributed by atoms with Crippen molar-refractivity contribution in [3.8, 4) is 5.75 Å². The van der Waals surface area contributed by atoms with Crippen molar-refractivity contribution in [2.45, 2.75) is 44.9 Å². The van der Waals surface area contributed by atoms with Crippen LogP contribution < -0.4 is 15.4 Å². The number of rotatable bonds is 11. The molecule has 0 saturated carbocycles. The standard InChI is InChI=1S/C29H38N6O5/c1-19(30-2)26(37)18-40-25-5-4-22-16-35(11-7-20(22)12-25)17-24(36)15-32-29(39)21-6-9-31-27(13-21)33-23-8-10-34(3)28(38)14-23/h4-6,9,12-13,23-24,36-37H,2,7-8,10-11,14-18H2,1,3H3,(H,31,33)(H,32,39)/t23?,24-/m0/s1. The predicted octanol–water partition coefficient (Wildman–Crippen LogP) is 2.13. The van der Waals surface area contributed by atoms with Crippen LogP contribution in [0.1, 0.15) is 41.3 Å². The summed E-state index contributed by atoms with van der Waals surface area (Å²) in [5, 5.41) is 26.6. The highest BCUT2D eigenvalue weighted by Gasteiger charge is 2.24. The zero-order valence-corrected chi connectivity index (χ0v) is 23.1. The molecule has 0 radical (unpaired) electrons. The largest absolute Gasteiger partial charge is 0.507 e. The van der Waals surface area contributed by atoms with Crippen LogP contribution in [-0.2, 0) is 17.8 Å². The van der Waals surface area contributed by atoms with Crippen molar-refractivity contribution in [3.63, 3.8) is 0 Å². The minimum Gasteiger partial charge on any atom is -0.507 e. The number of aromatic nitrogens is 1. The van der Waals surface area contributed by atoms with E-state index in [2.05, 4.69) is 32.2 Å². The summed E-state index contributed by atoms with van der Waals surface area (Å²) in [7, 11) is 1.80. The Bertz CT molecular complexity index is 1270. The van der Waals surface area contributed by atoms with E-state index in [1.807, 2.05) is 18.2 Å². The monoisotopic (exact) mass is 550 g/mol. The number of fused-ring (bicyclic) bond motifs is 1. The summed E-state index contributed by atoms with van der Waals surface area (Å²) in [6.45, 7) is 7.79. The first-order chi connectivity index (χ1) is 19.2. The van der Waals surface area contributed by atoms with Crippen LogP contribution in [0, 0.1) is 0 Å². The van der Waals surface area contributed by atoms with Gasteiger partial charge in [0, 0.05) is 64.0 Å². The third kappa shape index (κ3) is 7.80. The molecular weight excluding hydrogens is 512 g/mol. The van der Waals surface area contributed by atoms with Gasteiger partial charge in [-0.05, 0) is 61.9 Å². The zero-order valence-electron chi connectivity index (χ0n) is 23.1. The zero-order chi connectivity index (χ0) is 28.6. The molecule has 40 heavy (non-hydrogen) atoms. The van der Waals surface area contributed by atoms with Gasteiger partial charge in [0.05, 0.1) is 11.8 Å². The number of allylic oxidation sites excluding steroid dienone is 1. The molecule has 2 aliphatic heterocycles. The van der Waals surface area contributed by atoms with Gasteiger partial charge in [-0.1, -0.05) is 6.07 Å². The molecule has 2 aliphatic rings. The molecule has 0 aliphatic carbocycles. The topological polar surface area (TPSA) is 140 Å². The Morgan fingerprint density at radius 2 is 2.10 bits per heavy atom. The number of anilines is 1. The van der Waals surface area contributed by atoms with E-state index < -0.39 is 6.10 Å². The lowest BCUT2D eigenvalue weighted by molar-refractivity contribution is -0.132. The highest BCUT2D eigenvalue weighted by Crippen LogP contribution is 2.24. The Hall–Kier alpha value is -3.96. The van der Waals surface area contributed by atoms with Crippen LogP contribution in [0.5, 0.6) is 5.75 Å². The molecule has 214 valence electrons. The molecule has 0 bridgehead atoms. The number of likely N-dealkylation sites (tertiary alicyclic amines) is 1. The highest BCUT2D eigenvalue weighted by molar-refractivity contribution is 5.94. The Balaban J connectivity index is 1.23. The number of carbonyl (C=O) groups is 2. The Kier molecular flexibility index (Phi) is 9.73. The third-order valence-corrected chi connectivity index (χ3v) is 7.30. The lowest BCUT2D eigenvalue weighted by Crippen LogP contribution is -2.42. The summed E-state index contributed by atoms with van der Waals surface area (Å²) in [4.78, 5) is 36.6. The first-order valence-electron chi connectivity index (χ1n) is 13.5. The number of amides is 2. The van der Waals surface area contributed by atoms with E-state index >= 15 is 0 Å². The van der Waals surface area contributed by atoms with E-state index in [1.165, 1.54) is 5.56 Å². The minimum atomic E-state index is -0.728. The fraction of sp³-hybridized carbons (Fsp3) is 0.448. The summed E-state index contributed by atoms with van der Waals surface area (Å²) in [5.74, 6) is 1.07. The maximum Gasteiger partial charge on any atom is 0.251 e. The average Bonchev–Trinajstić information content (AvgIpc) is 2.96. The number of aliphatic hydroxyl groups is 2. The number of aliphatic hydroxyl groups excluding tert-OH is 2. The maximum absolute atomic E-state index is 12.7. The molecule has 1 fully saturated rings.